The van der Waals surface area contributed by atoms with Gasteiger partial charge in [0.15, 0.2) is 5.78 Å². The molecule has 0 radical (unpaired) electrons. The Morgan fingerprint density at radius 2 is 1.02 bits per heavy atom. The molecule has 0 saturated carbocycles. The second kappa shape index (κ2) is 16.3. The van der Waals surface area contributed by atoms with Gasteiger partial charge < -0.3 is 25.5 Å². The summed E-state index contributed by atoms with van der Waals surface area (Å²) >= 11 is 0. The molecule has 0 amide bonds. The Balaban J connectivity index is 0.000000324. The molecule has 0 spiro atoms. The second-order valence-corrected chi connectivity index (χ2v) is 7.98. The molecule has 0 fully saturated rings. The molecule has 1 unspecified atom stereocenters. The van der Waals surface area contributed by atoms with Crippen LogP contribution in [0.2, 0.25) is 0 Å². The Bertz CT molecular complexity index is 1400. The topological polar surface area (TPSA) is 175 Å². The van der Waals surface area contributed by atoms with Crippen LogP contribution in [0.25, 0.3) is 0 Å². The van der Waals surface area contributed by atoms with Crippen LogP contribution >= 0.6 is 0 Å². The summed E-state index contributed by atoms with van der Waals surface area (Å²) in [5, 5.41) is 47.1. The van der Waals surface area contributed by atoms with Crippen LogP contribution in [0.4, 0.5) is 0 Å². The predicted octanol–water partition coefficient (Wildman–Crippen LogP) is 3.64. The summed E-state index contributed by atoms with van der Waals surface area (Å²) in [6.45, 7) is 1.61. The van der Waals surface area contributed by atoms with Crippen LogP contribution in [-0.4, -0.2) is 62.1 Å². The first kappa shape index (κ1) is 33.4. The number of ketones is 1. The maximum Gasteiger partial charge on any atom is 2.00 e. The molecule has 0 saturated heterocycles. The fourth-order valence-corrected chi connectivity index (χ4v) is 3.13. The standard InChI is InChI=1S/C16H14O3.2C7H6O3.Mg/c1-11(16(18)19)13-8-5-9-14(10-13)15(17)12-6-3-2-4-7-12;2*8-6-4-2-1-3-5(6)7(9)10;/h2-11H,1H3,(H,18,19);2*1-4,8H,(H,9,10);/q;;;+2/p-2. The molecule has 10 heteroatoms. The van der Waals surface area contributed by atoms with E-state index in [1.807, 2.05) is 6.07 Å². The Hall–Kier alpha value is -4.67. The van der Waals surface area contributed by atoms with E-state index in [1.54, 1.807) is 55.5 Å². The van der Waals surface area contributed by atoms with E-state index >= 15 is 0 Å². The number of hydrogen-bond acceptors (Lipinski definition) is 6. The molecular formula is C30H24MgO9. The molecule has 0 aliphatic heterocycles. The molecule has 4 rings (SSSR count). The van der Waals surface area contributed by atoms with Crippen LogP contribution in [0.5, 0.6) is 11.5 Å². The summed E-state index contributed by atoms with van der Waals surface area (Å²) in [6, 6.07) is 26.8. The maximum atomic E-state index is 12.2. The minimum atomic E-state index is -1.18. The number of rotatable bonds is 6. The molecule has 0 bridgehead atoms. The van der Waals surface area contributed by atoms with Crippen LogP contribution in [0.15, 0.2) is 103 Å². The summed E-state index contributed by atoms with van der Waals surface area (Å²) in [5.74, 6) is -4.87. The van der Waals surface area contributed by atoms with Crippen molar-refractivity contribution in [1.82, 2.24) is 0 Å². The van der Waals surface area contributed by atoms with Crippen LogP contribution < -0.4 is 10.2 Å². The van der Waals surface area contributed by atoms with Gasteiger partial charge in [-0.2, -0.15) is 0 Å². The summed E-state index contributed by atoms with van der Waals surface area (Å²) < 4.78 is 0. The number of benzene rings is 4. The van der Waals surface area contributed by atoms with Gasteiger partial charge in [0.25, 0.3) is 0 Å². The number of carboxylic acid groups (broad SMARTS) is 3. The number of aromatic carboxylic acids is 2. The fraction of sp³-hybridized carbons (Fsp3) is 0.0667. The molecule has 40 heavy (non-hydrogen) atoms. The molecule has 0 aromatic heterocycles. The fourth-order valence-electron chi connectivity index (χ4n) is 3.13. The van der Waals surface area contributed by atoms with E-state index < -0.39 is 35.3 Å². The summed E-state index contributed by atoms with van der Waals surface area (Å²) in [4.78, 5) is 43.7. The van der Waals surface area contributed by atoms with Crippen LogP contribution in [0.3, 0.4) is 0 Å². The van der Waals surface area contributed by atoms with E-state index in [0.29, 0.717) is 16.7 Å². The Morgan fingerprint density at radius 3 is 1.43 bits per heavy atom. The van der Waals surface area contributed by atoms with Crippen molar-refractivity contribution in [2.24, 2.45) is 0 Å². The van der Waals surface area contributed by atoms with Gasteiger partial charge in [0, 0.05) is 11.1 Å². The van der Waals surface area contributed by atoms with E-state index in [4.69, 9.17) is 15.3 Å². The van der Waals surface area contributed by atoms with Gasteiger partial charge >= 0.3 is 41.0 Å². The van der Waals surface area contributed by atoms with Crippen LogP contribution in [0.1, 0.15) is 55.0 Å². The van der Waals surface area contributed by atoms with E-state index in [9.17, 15) is 29.4 Å². The minimum Gasteiger partial charge on any atom is -0.872 e. The van der Waals surface area contributed by atoms with E-state index in [1.165, 1.54) is 48.5 Å². The molecule has 0 aliphatic carbocycles. The van der Waals surface area contributed by atoms with Gasteiger partial charge in [-0.05, 0) is 30.7 Å². The summed E-state index contributed by atoms with van der Waals surface area (Å²) in [7, 11) is 0. The van der Waals surface area contributed by atoms with Gasteiger partial charge in [0.1, 0.15) is 0 Å². The van der Waals surface area contributed by atoms with Crippen molar-refractivity contribution in [1.29, 1.82) is 0 Å². The van der Waals surface area contributed by atoms with Gasteiger partial charge in [-0.3, -0.25) is 9.59 Å². The largest absolute Gasteiger partial charge is 2.00 e. The molecular weight excluding hydrogens is 529 g/mol. The molecule has 4 aromatic carbocycles. The van der Waals surface area contributed by atoms with E-state index in [2.05, 4.69) is 0 Å². The van der Waals surface area contributed by atoms with Crippen LogP contribution in [0, 0.1) is 0 Å². The molecule has 3 N–H and O–H groups in total. The van der Waals surface area contributed by atoms with Gasteiger partial charge in [0.2, 0.25) is 0 Å². The third-order valence-electron chi connectivity index (χ3n) is 5.29. The van der Waals surface area contributed by atoms with E-state index in [-0.39, 0.29) is 40.0 Å². The minimum absolute atomic E-state index is 0. The predicted molar refractivity (Wildman–Crippen MR) is 144 cm³/mol. The summed E-state index contributed by atoms with van der Waals surface area (Å²) in [6.07, 6.45) is 0. The van der Waals surface area contributed by atoms with Gasteiger partial charge in [-0.15, -0.1) is 0 Å². The Kier molecular flexibility index (Phi) is 13.6. The van der Waals surface area contributed by atoms with Gasteiger partial charge in [-0.25, -0.2) is 9.59 Å². The van der Waals surface area contributed by atoms with Crippen molar-refractivity contribution < 1.29 is 44.7 Å². The zero-order valence-electron chi connectivity index (χ0n) is 21.4. The van der Waals surface area contributed by atoms with Crippen molar-refractivity contribution in [2.45, 2.75) is 12.8 Å². The second-order valence-electron chi connectivity index (χ2n) is 7.98. The summed E-state index contributed by atoms with van der Waals surface area (Å²) in [5.41, 5.74) is 1.39. The molecule has 1 atom stereocenters. The Morgan fingerprint density at radius 1 is 0.600 bits per heavy atom. The number of para-hydroxylation sites is 2. The maximum absolute atomic E-state index is 12.2. The molecule has 200 valence electrons. The number of carbonyl (C=O) groups is 4. The van der Waals surface area contributed by atoms with Crippen molar-refractivity contribution in [3.05, 3.63) is 131 Å². The van der Waals surface area contributed by atoms with Crippen molar-refractivity contribution in [3.8, 4) is 11.5 Å². The zero-order chi connectivity index (χ0) is 28.9. The first-order valence-corrected chi connectivity index (χ1v) is 11.4. The van der Waals surface area contributed by atoms with E-state index in [0.717, 1.165) is 0 Å². The number of aliphatic carboxylic acids is 1. The van der Waals surface area contributed by atoms with Crippen molar-refractivity contribution >= 4 is 46.7 Å². The first-order chi connectivity index (χ1) is 18.5. The third-order valence-corrected chi connectivity index (χ3v) is 5.29. The smallest absolute Gasteiger partial charge is 0.872 e. The quantitative estimate of drug-likeness (QED) is 0.238. The molecule has 4 aromatic rings. The van der Waals surface area contributed by atoms with Gasteiger partial charge in [0.05, 0.1) is 17.0 Å². The number of hydrogen-bond donors (Lipinski definition) is 3. The van der Waals surface area contributed by atoms with Crippen molar-refractivity contribution in [3.63, 3.8) is 0 Å². The zero-order valence-corrected chi connectivity index (χ0v) is 22.8. The molecule has 9 nitrogen and oxygen atoms in total. The average Bonchev–Trinajstić information content (AvgIpc) is 2.93. The number of carboxylic acids is 3. The average molecular weight is 553 g/mol. The Labute approximate surface area is 246 Å². The molecule has 0 aliphatic rings. The van der Waals surface area contributed by atoms with Crippen LogP contribution in [-0.2, 0) is 4.79 Å². The van der Waals surface area contributed by atoms with Crippen molar-refractivity contribution in [2.75, 3.05) is 0 Å². The number of carbonyl (C=O) groups excluding carboxylic acids is 1. The monoisotopic (exact) mass is 552 g/mol. The third kappa shape index (κ3) is 9.89. The SMILES string of the molecule is CC(C(=O)O)c1cccc(C(=O)c2ccccc2)c1.O=C(O)c1ccccc1[O-].O=C(O)c1ccccc1[O-].[Mg+2]. The first-order valence-electron chi connectivity index (χ1n) is 11.4. The molecule has 0 heterocycles. The van der Waals surface area contributed by atoms with Gasteiger partial charge in [-0.1, -0.05) is 96.4 Å². The normalized spacial score (nSPS) is 10.2.